The first-order valence-electron chi connectivity index (χ1n) is 11.9. The number of rotatable bonds is 17. The number of unbranched alkanes of at least 4 members (excludes halogenated alkanes) is 10. The van der Waals surface area contributed by atoms with Gasteiger partial charge in [-0.1, -0.05) is 51.4 Å². The lowest BCUT2D eigenvalue weighted by molar-refractivity contribution is -0.173. The predicted molar refractivity (Wildman–Crippen MR) is 126 cm³/mol. The molecule has 12 heteroatoms. The zero-order valence-electron chi connectivity index (χ0n) is 21.0. The van der Waals surface area contributed by atoms with Gasteiger partial charge in [0, 0.05) is 26.3 Å². The number of carbonyl (C=O) groups excluding carboxylic acids is 2. The lowest BCUT2D eigenvalue weighted by Crippen LogP contribution is -2.37. The summed E-state index contributed by atoms with van der Waals surface area (Å²) in [5.74, 6) is -3.64. The summed E-state index contributed by atoms with van der Waals surface area (Å²) >= 11 is 0. The molecule has 0 aliphatic rings. The Bertz CT molecular complexity index is 560. The molecule has 0 aromatic rings. The lowest BCUT2D eigenvalue weighted by Gasteiger charge is -2.07. The molecule has 0 spiro atoms. The van der Waals surface area contributed by atoms with Crippen molar-refractivity contribution in [3.8, 4) is 0 Å². The van der Waals surface area contributed by atoms with Crippen molar-refractivity contribution in [2.75, 3.05) is 20.2 Å². The molecule has 0 atom stereocenters. The normalized spacial score (nSPS) is 10.2. The number of nitrogens with one attached hydrogen (secondary N) is 1. The van der Waals surface area contributed by atoms with E-state index in [0.29, 0.717) is 19.3 Å². The number of amides is 1. The third-order valence-corrected chi connectivity index (χ3v) is 4.49. The lowest BCUT2D eigenvalue weighted by atomic mass is 10.1. The Morgan fingerprint density at radius 1 is 0.743 bits per heavy atom. The fourth-order valence-electron chi connectivity index (χ4n) is 2.54. The Balaban J connectivity index is -0.000000516. The number of ether oxygens (including phenoxy) is 1. The fourth-order valence-corrected chi connectivity index (χ4v) is 2.54. The Labute approximate surface area is 206 Å². The summed E-state index contributed by atoms with van der Waals surface area (Å²) in [4.78, 5) is 40.3. The molecule has 1 amide bonds. The number of alkyl halides is 3. The van der Waals surface area contributed by atoms with Gasteiger partial charge in [-0.05, 0) is 32.2 Å². The average Bonchev–Trinajstić information content (AvgIpc) is 2.77. The van der Waals surface area contributed by atoms with Gasteiger partial charge in [-0.15, -0.1) is 0 Å². The van der Waals surface area contributed by atoms with Gasteiger partial charge in [-0.3, -0.25) is 19.2 Å². The van der Waals surface area contributed by atoms with Crippen molar-refractivity contribution in [3.63, 3.8) is 0 Å². The summed E-state index contributed by atoms with van der Waals surface area (Å²) in [6.45, 7) is 2.16. The van der Waals surface area contributed by atoms with E-state index in [2.05, 4.69) is 4.74 Å². The topological polar surface area (TPSA) is 156 Å². The maximum Gasteiger partial charge on any atom is 0.471 e. The molecule has 208 valence electrons. The fraction of sp³-hybridized carbons (Fsp3) is 0.826. The maximum absolute atomic E-state index is 11.8. The van der Waals surface area contributed by atoms with Gasteiger partial charge in [-0.25, -0.2) is 0 Å². The molecule has 0 rings (SSSR count). The van der Waals surface area contributed by atoms with Crippen LogP contribution >= 0.6 is 0 Å². The number of carboxylic acids is 2. The van der Waals surface area contributed by atoms with E-state index in [4.69, 9.17) is 15.9 Å². The highest BCUT2D eigenvalue weighted by atomic mass is 19.4. The zero-order chi connectivity index (χ0) is 27.5. The van der Waals surface area contributed by atoms with Gasteiger partial charge in [0.2, 0.25) is 0 Å². The largest absolute Gasteiger partial charge is 0.481 e. The third kappa shape index (κ3) is 39.2. The number of carboxylic acid groups (broad SMARTS) is 2. The first kappa shape index (κ1) is 37.2. The summed E-state index contributed by atoms with van der Waals surface area (Å²) in [7, 11) is 1.35. The van der Waals surface area contributed by atoms with Gasteiger partial charge < -0.3 is 26.0 Å². The van der Waals surface area contributed by atoms with Crippen molar-refractivity contribution in [1.82, 2.24) is 5.32 Å². The van der Waals surface area contributed by atoms with Crippen LogP contribution in [-0.2, 0) is 23.9 Å². The number of hydrogen-bond acceptors (Lipinski definition) is 6. The van der Waals surface area contributed by atoms with Crippen LogP contribution in [0.1, 0.15) is 96.8 Å². The summed E-state index contributed by atoms with van der Waals surface area (Å²) in [5, 5.41) is 18.5. The molecule has 0 aromatic heterocycles. The number of aliphatic carboxylic acids is 2. The van der Waals surface area contributed by atoms with Crippen LogP contribution in [0, 0.1) is 0 Å². The van der Waals surface area contributed by atoms with Crippen LogP contribution in [0.5, 0.6) is 0 Å². The molecular weight excluding hydrogens is 473 g/mol. The highest BCUT2D eigenvalue weighted by molar-refractivity contribution is 5.81. The van der Waals surface area contributed by atoms with Gasteiger partial charge in [0.25, 0.3) is 0 Å². The Hall–Kier alpha value is -2.37. The average molecular weight is 517 g/mol. The standard InChI is InChI=1S/C11H18F3NO3.C9H19NO2.C3H6O2/c12-11(13,14)10(18)15-8-6-4-2-1-3-5-7-9(16)17;10-8-6-4-2-1-3-5-7-9(11)12;1-3(4)5-2/h1-8H2,(H,15,18)(H,16,17);1-8,10H2,(H,11,12);1-2H3. The third-order valence-electron chi connectivity index (χ3n) is 4.49. The monoisotopic (exact) mass is 516 g/mol. The van der Waals surface area contributed by atoms with E-state index in [1.54, 1.807) is 5.32 Å². The van der Waals surface area contributed by atoms with E-state index in [9.17, 15) is 32.3 Å². The Morgan fingerprint density at radius 2 is 1.09 bits per heavy atom. The molecule has 0 heterocycles. The molecule has 0 aromatic carbocycles. The first-order chi connectivity index (χ1) is 16.4. The molecule has 0 fully saturated rings. The van der Waals surface area contributed by atoms with Crippen molar-refractivity contribution in [2.45, 2.75) is 103 Å². The first-order valence-corrected chi connectivity index (χ1v) is 11.9. The summed E-state index contributed by atoms with van der Waals surface area (Å²) in [6, 6.07) is 0. The smallest absolute Gasteiger partial charge is 0.471 e. The van der Waals surface area contributed by atoms with Crippen LogP contribution in [-0.4, -0.2) is 60.4 Å². The molecule has 0 bridgehead atoms. The van der Waals surface area contributed by atoms with Crippen LogP contribution in [0.15, 0.2) is 0 Å². The predicted octanol–water partition coefficient (Wildman–Crippen LogP) is 4.42. The maximum atomic E-state index is 11.8. The summed E-state index contributed by atoms with van der Waals surface area (Å²) in [5.41, 5.74) is 5.33. The molecule has 35 heavy (non-hydrogen) atoms. The molecular formula is C23H43F3N2O7. The number of esters is 1. The van der Waals surface area contributed by atoms with E-state index in [0.717, 1.165) is 57.9 Å². The molecule has 0 unspecified atom stereocenters. The second kappa shape index (κ2) is 26.2. The number of hydrogen-bond donors (Lipinski definition) is 4. The molecule has 5 N–H and O–H groups in total. The number of carbonyl (C=O) groups is 4. The van der Waals surface area contributed by atoms with Gasteiger partial charge in [-0.2, -0.15) is 13.2 Å². The van der Waals surface area contributed by atoms with Gasteiger partial charge in [0.1, 0.15) is 0 Å². The van der Waals surface area contributed by atoms with Crippen molar-refractivity contribution < 1.29 is 47.3 Å². The minimum atomic E-state index is -4.81. The Morgan fingerprint density at radius 3 is 1.40 bits per heavy atom. The van der Waals surface area contributed by atoms with E-state index >= 15 is 0 Å². The summed E-state index contributed by atoms with van der Waals surface area (Å²) in [6.07, 6.45) is 6.49. The molecule has 0 aliphatic heterocycles. The van der Waals surface area contributed by atoms with Crippen LogP contribution in [0.25, 0.3) is 0 Å². The van der Waals surface area contributed by atoms with Crippen molar-refractivity contribution in [1.29, 1.82) is 0 Å². The summed E-state index contributed by atoms with van der Waals surface area (Å²) < 4.78 is 39.4. The number of halogens is 3. The SMILES string of the molecule is COC(C)=O.NCCCCCCCCC(=O)O.O=C(O)CCCCCCCCNC(=O)C(F)(F)F. The quantitative estimate of drug-likeness (QED) is 0.163. The van der Waals surface area contributed by atoms with Crippen molar-refractivity contribution >= 4 is 23.8 Å². The molecule has 0 saturated heterocycles. The van der Waals surface area contributed by atoms with E-state index in [-0.39, 0.29) is 18.9 Å². The van der Waals surface area contributed by atoms with Crippen LogP contribution in [0.3, 0.4) is 0 Å². The van der Waals surface area contributed by atoms with E-state index in [1.807, 2.05) is 0 Å². The van der Waals surface area contributed by atoms with Crippen LogP contribution < -0.4 is 11.1 Å². The number of methoxy groups -OCH3 is 1. The highest BCUT2D eigenvalue weighted by Gasteiger charge is 2.38. The van der Waals surface area contributed by atoms with Gasteiger partial charge >= 0.3 is 30.0 Å². The minimum Gasteiger partial charge on any atom is -0.481 e. The second-order valence-corrected chi connectivity index (χ2v) is 7.77. The highest BCUT2D eigenvalue weighted by Crippen LogP contribution is 2.14. The van der Waals surface area contributed by atoms with Crippen molar-refractivity contribution in [3.05, 3.63) is 0 Å². The van der Waals surface area contributed by atoms with Crippen LogP contribution in [0.2, 0.25) is 0 Å². The Kier molecular flexibility index (Phi) is 27.9. The van der Waals surface area contributed by atoms with E-state index < -0.39 is 24.0 Å². The van der Waals surface area contributed by atoms with Gasteiger partial charge in [0.15, 0.2) is 0 Å². The zero-order valence-corrected chi connectivity index (χ0v) is 21.0. The minimum absolute atomic E-state index is 0.0213. The molecule has 0 radical (unpaired) electrons. The molecule has 9 nitrogen and oxygen atoms in total. The van der Waals surface area contributed by atoms with E-state index in [1.165, 1.54) is 26.9 Å². The van der Waals surface area contributed by atoms with Gasteiger partial charge in [0.05, 0.1) is 7.11 Å². The molecule has 0 aliphatic carbocycles. The van der Waals surface area contributed by atoms with Crippen LogP contribution in [0.4, 0.5) is 13.2 Å². The second-order valence-electron chi connectivity index (χ2n) is 7.77. The van der Waals surface area contributed by atoms with Crippen molar-refractivity contribution in [2.24, 2.45) is 5.73 Å². The molecule has 0 saturated carbocycles. The number of nitrogens with two attached hydrogens (primary N) is 1.